The number of nitrogens with zero attached hydrogens (tertiary/aromatic N) is 2. The van der Waals surface area contributed by atoms with Crippen LogP contribution in [0.25, 0.3) is 0 Å². The van der Waals surface area contributed by atoms with E-state index >= 15 is 0 Å². The van der Waals surface area contributed by atoms with Gasteiger partial charge in [0.15, 0.2) is 0 Å². The summed E-state index contributed by atoms with van der Waals surface area (Å²) < 4.78 is 11.3. The van der Waals surface area contributed by atoms with E-state index < -0.39 is 12.1 Å². The van der Waals surface area contributed by atoms with Crippen molar-refractivity contribution in [3.05, 3.63) is 59.7 Å². The average molecular weight is 523 g/mol. The summed E-state index contributed by atoms with van der Waals surface area (Å²) in [5, 5.41) is 8.98. The second kappa shape index (κ2) is 11.7. The monoisotopic (exact) mass is 522 g/mol. The van der Waals surface area contributed by atoms with E-state index in [1.54, 1.807) is 29.2 Å². The Morgan fingerprint density at radius 2 is 1.50 bits per heavy atom. The molecular formula is C29H34N2O7. The van der Waals surface area contributed by atoms with Gasteiger partial charge in [0.25, 0.3) is 0 Å². The normalized spacial score (nSPS) is 17.8. The molecule has 0 aromatic heterocycles. The summed E-state index contributed by atoms with van der Waals surface area (Å²) in [5.41, 5.74) is 0.888. The summed E-state index contributed by atoms with van der Waals surface area (Å²) in [6, 6.07) is 13.5. The molecule has 3 amide bonds. The lowest BCUT2D eigenvalue weighted by Crippen LogP contribution is -2.46. The lowest BCUT2D eigenvalue weighted by Gasteiger charge is -2.34. The first-order chi connectivity index (χ1) is 18.1. The Morgan fingerprint density at radius 1 is 0.921 bits per heavy atom. The fraction of sp³-hybridized carbons (Fsp3) is 0.448. The fourth-order valence-corrected chi connectivity index (χ4v) is 4.78. The number of hydrogen-bond acceptors (Lipinski definition) is 6. The number of ether oxygens (including phenoxy) is 2. The van der Waals surface area contributed by atoms with E-state index in [0.29, 0.717) is 62.9 Å². The maximum Gasteiger partial charge on any atom is 0.415 e. The van der Waals surface area contributed by atoms with Crippen molar-refractivity contribution in [3.63, 3.8) is 0 Å². The SMILES string of the molecule is CC1(C)CC(=O)N(CCc2ccc(OC(=O)N3CCC(COc4ccc(C(=O)O)cc4)CC3)cc2)C(=O)C1. The first-order valence-electron chi connectivity index (χ1n) is 12.9. The number of aromatic carboxylic acids is 1. The summed E-state index contributed by atoms with van der Waals surface area (Å²) in [4.78, 5) is 51.3. The van der Waals surface area contributed by atoms with Gasteiger partial charge in [0.05, 0.1) is 12.2 Å². The van der Waals surface area contributed by atoms with Gasteiger partial charge >= 0.3 is 12.1 Å². The van der Waals surface area contributed by atoms with E-state index in [1.807, 2.05) is 26.0 Å². The van der Waals surface area contributed by atoms with E-state index in [-0.39, 0.29) is 22.8 Å². The van der Waals surface area contributed by atoms with Crippen molar-refractivity contribution in [3.8, 4) is 11.5 Å². The van der Waals surface area contributed by atoms with Gasteiger partial charge in [-0.05, 0) is 72.6 Å². The molecule has 4 rings (SSSR count). The highest BCUT2D eigenvalue weighted by atomic mass is 16.6. The highest BCUT2D eigenvalue weighted by molar-refractivity contribution is 5.98. The van der Waals surface area contributed by atoms with Crippen LogP contribution in [0.1, 0.15) is 55.5 Å². The molecule has 0 unspecified atom stereocenters. The number of piperidine rings is 2. The zero-order valence-electron chi connectivity index (χ0n) is 21.9. The number of rotatable bonds is 8. The number of hydrogen-bond donors (Lipinski definition) is 1. The van der Waals surface area contributed by atoms with E-state index in [0.717, 1.165) is 18.4 Å². The maximum absolute atomic E-state index is 12.6. The van der Waals surface area contributed by atoms with Crippen molar-refractivity contribution in [2.75, 3.05) is 26.2 Å². The molecule has 2 aromatic rings. The van der Waals surface area contributed by atoms with Gasteiger partial charge in [-0.15, -0.1) is 0 Å². The number of carbonyl (C=O) groups is 4. The molecule has 202 valence electrons. The Morgan fingerprint density at radius 3 is 2.08 bits per heavy atom. The molecule has 2 heterocycles. The molecule has 9 heteroatoms. The summed E-state index contributed by atoms with van der Waals surface area (Å²) in [6.45, 7) is 5.85. The number of benzene rings is 2. The minimum atomic E-state index is -0.973. The van der Waals surface area contributed by atoms with Gasteiger partial charge in [-0.3, -0.25) is 14.5 Å². The molecule has 2 aromatic carbocycles. The molecule has 2 fully saturated rings. The highest BCUT2D eigenvalue weighted by Gasteiger charge is 2.37. The van der Waals surface area contributed by atoms with Crippen LogP contribution in [0.2, 0.25) is 0 Å². The summed E-state index contributed by atoms with van der Waals surface area (Å²) in [7, 11) is 0. The van der Waals surface area contributed by atoms with Gasteiger partial charge in [0, 0.05) is 32.5 Å². The molecule has 0 bridgehead atoms. The number of carbonyl (C=O) groups excluding carboxylic acids is 3. The summed E-state index contributed by atoms with van der Waals surface area (Å²) in [6.07, 6.45) is 2.47. The largest absolute Gasteiger partial charge is 0.493 e. The van der Waals surface area contributed by atoms with Gasteiger partial charge < -0.3 is 19.5 Å². The zero-order valence-corrected chi connectivity index (χ0v) is 21.9. The van der Waals surface area contributed by atoms with Crippen LogP contribution >= 0.6 is 0 Å². The van der Waals surface area contributed by atoms with Gasteiger partial charge in [-0.2, -0.15) is 0 Å². The molecule has 0 radical (unpaired) electrons. The number of imide groups is 1. The van der Waals surface area contributed by atoms with Crippen LogP contribution in [0.15, 0.2) is 48.5 Å². The molecule has 0 saturated carbocycles. The second-order valence-electron chi connectivity index (χ2n) is 10.8. The Kier molecular flexibility index (Phi) is 8.34. The molecule has 0 aliphatic carbocycles. The van der Waals surface area contributed by atoms with Gasteiger partial charge in [0.2, 0.25) is 11.8 Å². The van der Waals surface area contributed by atoms with Crippen LogP contribution in [0.4, 0.5) is 4.79 Å². The molecule has 9 nitrogen and oxygen atoms in total. The highest BCUT2D eigenvalue weighted by Crippen LogP contribution is 2.31. The van der Waals surface area contributed by atoms with Crippen molar-refractivity contribution in [2.24, 2.45) is 11.3 Å². The molecule has 1 N–H and O–H groups in total. The molecule has 38 heavy (non-hydrogen) atoms. The third kappa shape index (κ3) is 7.12. The lowest BCUT2D eigenvalue weighted by atomic mass is 9.81. The quantitative estimate of drug-likeness (QED) is 0.512. The smallest absolute Gasteiger partial charge is 0.415 e. The number of likely N-dealkylation sites (tertiary alicyclic amines) is 2. The van der Waals surface area contributed by atoms with Crippen molar-refractivity contribution in [1.29, 1.82) is 0 Å². The van der Waals surface area contributed by atoms with Crippen LogP contribution < -0.4 is 9.47 Å². The topological polar surface area (TPSA) is 113 Å². The number of amides is 3. The summed E-state index contributed by atoms with van der Waals surface area (Å²) in [5.74, 6) is 0.142. The standard InChI is InChI=1S/C29H34N2O7/c1-29(2)17-25(32)31(26(33)18-29)16-13-20-3-7-24(8-4-20)38-28(36)30-14-11-21(12-15-30)19-37-23-9-5-22(6-10-23)27(34)35/h3-10,21H,11-19H2,1-2H3,(H,34,35). The van der Waals surface area contributed by atoms with Crippen LogP contribution in [-0.4, -0.2) is 65.0 Å². The van der Waals surface area contributed by atoms with Crippen molar-refractivity contribution >= 4 is 23.9 Å². The van der Waals surface area contributed by atoms with Crippen LogP contribution in [0, 0.1) is 11.3 Å². The van der Waals surface area contributed by atoms with E-state index in [9.17, 15) is 19.2 Å². The van der Waals surface area contributed by atoms with Crippen molar-refractivity contribution in [1.82, 2.24) is 9.80 Å². The predicted molar refractivity (Wildman–Crippen MR) is 139 cm³/mol. The first kappa shape index (κ1) is 27.2. The van der Waals surface area contributed by atoms with Crippen molar-refractivity contribution < 1.29 is 33.8 Å². The van der Waals surface area contributed by atoms with Crippen LogP contribution in [0.5, 0.6) is 11.5 Å². The Bertz CT molecular complexity index is 1150. The van der Waals surface area contributed by atoms with Crippen LogP contribution in [-0.2, 0) is 16.0 Å². The molecular weight excluding hydrogens is 488 g/mol. The zero-order chi connectivity index (χ0) is 27.3. The average Bonchev–Trinajstić information content (AvgIpc) is 2.87. The number of carboxylic acid groups (broad SMARTS) is 1. The third-order valence-electron chi connectivity index (χ3n) is 7.07. The minimum Gasteiger partial charge on any atom is -0.493 e. The molecule has 0 spiro atoms. The first-order valence-corrected chi connectivity index (χ1v) is 12.9. The molecule has 2 aliphatic rings. The fourth-order valence-electron chi connectivity index (χ4n) is 4.78. The second-order valence-corrected chi connectivity index (χ2v) is 10.8. The lowest BCUT2D eigenvalue weighted by molar-refractivity contribution is -0.152. The van der Waals surface area contributed by atoms with Gasteiger partial charge in [-0.25, -0.2) is 9.59 Å². The molecule has 2 saturated heterocycles. The Labute approximate surface area is 222 Å². The third-order valence-corrected chi connectivity index (χ3v) is 7.07. The maximum atomic E-state index is 12.6. The van der Waals surface area contributed by atoms with Gasteiger partial charge in [-0.1, -0.05) is 26.0 Å². The van der Waals surface area contributed by atoms with E-state index in [4.69, 9.17) is 14.6 Å². The Balaban J connectivity index is 1.18. The van der Waals surface area contributed by atoms with E-state index in [2.05, 4.69) is 0 Å². The van der Waals surface area contributed by atoms with Crippen LogP contribution in [0.3, 0.4) is 0 Å². The molecule has 0 atom stereocenters. The van der Waals surface area contributed by atoms with E-state index in [1.165, 1.54) is 17.0 Å². The van der Waals surface area contributed by atoms with Gasteiger partial charge in [0.1, 0.15) is 11.5 Å². The summed E-state index contributed by atoms with van der Waals surface area (Å²) >= 11 is 0. The Hall–Kier alpha value is -3.88. The minimum absolute atomic E-state index is 0.124. The predicted octanol–water partition coefficient (Wildman–Crippen LogP) is 4.39. The number of carboxylic acids is 1. The molecule has 2 aliphatic heterocycles. The van der Waals surface area contributed by atoms with Crippen molar-refractivity contribution in [2.45, 2.75) is 46.0 Å².